The van der Waals surface area contributed by atoms with Gasteiger partial charge in [0.2, 0.25) is 5.89 Å². The van der Waals surface area contributed by atoms with Crippen LogP contribution in [0.2, 0.25) is 0 Å². The topological polar surface area (TPSA) is 59.2 Å². The molecule has 84 valence electrons. The van der Waals surface area contributed by atoms with Crippen molar-refractivity contribution in [3.63, 3.8) is 0 Å². The smallest absolute Gasteiger partial charge is 0.276 e. The Bertz CT molecular complexity index is 453. The number of benzene rings is 1. The third-order valence-electron chi connectivity index (χ3n) is 2.08. The summed E-state index contributed by atoms with van der Waals surface area (Å²) in [5, 5.41) is 17.1. The van der Waals surface area contributed by atoms with Crippen LogP contribution in [0, 0.1) is 6.92 Å². The Morgan fingerprint density at radius 2 is 1.88 bits per heavy atom. The lowest BCUT2D eigenvalue weighted by atomic mass is 10.2. The average Bonchev–Trinajstić information content (AvgIpc) is 2.73. The summed E-state index contributed by atoms with van der Waals surface area (Å²) in [6, 6.07) is 7.80. The first kappa shape index (κ1) is 11.2. The highest BCUT2D eigenvalue weighted by atomic mass is 32.2. The number of hydrogen-bond acceptors (Lipinski definition) is 5. The zero-order valence-electron chi connectivity index (χ0n) is 8.88. The first-order valence-electron chi connectivity index (χ1n) is 4.89. The summed E-state index contributed by atoms with van der Waals surface area (Å²) in [5.74, 6) is 1.37. The van der Waals surface area contributed by atoms with E-state index in [1.165, 1.54) is 11.8 Å². The van der Waals surface area contributed by atoms with Crippen molar-refractivity contribution in [2.24, 2.45) is 0 Å². The van der Waals surface area contributed by atoms with Crippen molar-refractivity contribution in [2.75, 3.05) is 0 Å². The lowest BCUT2D eigenvalue weighted by molar-refractivity contribution is 0.282. The minimum Gasteiger partial charge on any atom is -0.416 e. The number of aryl methyl sites for hydroxylation is 1. The van der Waals surface area contributed by atoms with Crippen molar-refractivity contribution in [3.05, 3.63) is 41.3 Å². The van der Waals surface area contributed by atoms with Gasteiger partial charge in [-0.25, -0.2) is 0 Å². The molecular weight excluding hydrogens is 224 g/mol. The first-order chi connectivity index (χ1) is 7.78. The Kier molecular flexibility index (Phi) is 3.58. The molecule has 0 radical (unpaired) electrons. The SMILES string of the molecule is Cc1nnc(SCc2ccc(CO)cc2)o1. The van der Waals surface area contributed by atoms with E-state index >= 15 is 0 Å². The van der Waals surface area contributed by atoms with Gasteiger partial charge in [0.25, 0.3) is 5.22 Å². The number of nitrogens with zero attached hydrogens (tertiary/aromatic N) is 2. The third kappa shape index (κ3) is 2.84. The fourth-order valence-corrected chi connectivity index (χ4v) is 1.98. The highest BCUT2D eigenvalue weighted by molar-refractivity contribution is 7.98. The van der Waals surface area contributed by atoms with E-state index in [2.05, 4.69) is 10.2 Å². The molecule has 1 aromatic heterocycles. The zero-order chi connectivity index (χ0) is 11.4. The number of rotatable bonds is 4. The zero-order valence-corrected chi connectivity index (χ0v) is 9.70. The van der Waals surface area contributed by atoms with Crippen molar-refractivity contribution in [3.8, 4) is 0 Å². The lowest BCUT2D eigenvalue weighted by Gasteiger charge is -1.99. The van der Waals surface area contributed by atoms with Crippen LogP contribution in [0.25, 0.3) is 0 Å². The second-order valence-electron chi connectivity index (χ2n) is 3.35. The van der Waals surface area contributed by atoms with Crippen LogP contribution in [0.5, 0.6) is 0 Å². The summed E-state index contributed by atoms with van der Waals surface area (Å²) < 4.78 is 5.25. The quantitative estimate of drug-likeness (QED) is 0.824. The van der Waals surface area contributed by atoms with E-state index < -0.39 is 0 Å². The van der Waals surface area contributed by atoms with Crippen molar-refractivity contribution in [2.45, 2.75) is 24.5 Å². The molecule has 16 heavy (non-hydrogen) atoms. The Labute approximate surface area is 97.7 Å². The summed E-state index contributed by atoms with van der Waals surface area (Å²) in [6.45, 7) is 1.85. The third-order valence-corrected chi connectivity index (χ3v) is 2.96. The van der Waals surface area contributed by atoms with Gasteiger partial charge in [0.15, 0.2) is 0 Å². The van der Waals surface area contributed by atoms with E-state index in [1.807, 2.05) is 24.3 Å². The van der Waals surface area contributed by atoms with Crippen LogP contribution in [-0.2, 0) is 12.4 Å². The molecule has 0 bridgehead atoms. The molecule has 1 aromatic carbocycles. The van der Waals surface area contributed by atoms with E-state index in [-0.39, 0.29) is 6.61 Å². The monoisotopic (exact) mass is 236 g/mol. The molecule has 1 N–H and O–H groups in total. The predicted molar refractivity (Wildman–Crippen MR) is 61.0 cm³/mol. The standard InChI is InChI=1S/C11H12N2O2S/c1-8-12-13-11(15-8)16-7-10-4-2-9(6-14)3-5-10/h2-5,14H,6-7H2,1H3. The highest BCUT2D eigenvalue weighted by Crippen LogP contribution is 2.21. The van der Waals surface area contributed by atoms with Gasteiger partial charge in [-0.1, -0.05) is 36.0 Å². The number of aromatic nitrogens is 2. The van der Waals surface area contributed by atoms with E-state index in [1.54, 1.807) is 6.92 Å². The molecule has 0 fully saturated rings. The Morgan fingerprint density at radius 1 is 1.19 bits per heavy atom. The largest absolute Gasteiger partial charge is 0.416 e. The Morgan fingerprint density at radius 3 is 2.44 bits per heavy atom. The molecule has 0 aliphatic rings. The van der Waals surface area contributed by atoms with Crippen LogP contribution in [0.4, 0.5) is 0 Å². The summed E-state index contributed by atoms with van der Waals surface area (Å²) >= 11 is 1.51. The number of hydrogen-bond donors (Lipinski definition) is 1. The summed E-state index contributed by atoms with van der Waals surface area (Å²) in [6.07, 6.45) is 0. The molecule has 5 heteroatoms. The van der Waals surface area contributed by atoms with E-state index in [9.17, 15) is 0 Å². The van der Waals surface area contributed by atoms with Crippen LogP contribution in [-0.4, -0.2) is 15.3 Å². The van der Waals surface area contributed by atoms with E-state index in [4.69, 9.17) is 9.52 Å². The molecular formula is C11H12N2O2S. The Balaban J connectivity index is 1.94. The molecule has 1 heterocycles. The molecule has 4 nitrogen and oxygen atoms in total. The van der Waals surface area contributed by atoms with Gasteiger partial charge in [0, 0.05) is 12.7 Å². The maximum Gasteiger partial charge on any atom is 0.276 e. The molecule has 0 aliphatic carbocycles. The normalized spacial score (nSPS) is 10.6. The van der Waals surface area contributed by atoms with Crippen LogP contribution >= 0.6 is 11.8 Å². The van der Waals surface area contributed by atoms with Crippen LogP contribution in [0.3, 0.4) is 0 Å². The van der Waals surface area contributed by atoms with Crippen molar-refractivity contribution < 1.29 is 9.52 Å². The van der Waals surface area contributed by atoms with Crippen LogP contribution in [0.15, 0.2) is 33.9 Å². The van der Waals surface area contributed by atoms with Gasteiger partial charge in [-0.05, 0) is 11.1 Å². The molecule has 0 saturated carbocycles. The highest BCUT2D eigenvalue weighted by Gasteiger charge is 2.03. The first-order valence-corrected chi connectivity index (χ1v) is 5.88. The second-order valence-corrected chi connectivity index (χ2v) is 4.28. The predicted octanol–water partition coefficient (Wildman–Crippen LogP) is 2.16. The maximum atomic E-state index is 8.90. The minimum absolute atomic E-state index is 0.0796. The molecule has 0 aliphatic heterocycles. The van der Waals surface area contributed by atoms with Gasteiger partial charge in [0.1, 0.15) is 0 Å². The van der Waals surface area contributed by atoms with E-state index in [0.29, 0.717) is 11.1 Å². The van der Waals surface area contributed by atoms with Gasteiger partial charge < -0.3 is 9.52 Å². The molecule has 0 spiro atoms. The Hall–Kier alpha value is -1.33. The van der Waals surface area contributed by atoms with Gasteiger partial charge in [-0.2, -0.15) is 0 Å². The van der Waals surface area contributed by atoms with Gasteiger partial charge in [-0.15, -0.1) is 10.2 Å². The number of aliphatic hydroxyl groups excluding tert-OH is 1. The summed E-state index contributed by atoms with van der Waals surface area (Å²) in [4.78, 5) is 0. The molecule has 0 saturated heterocycles. The lowest BCUT2D eigenvalue weighted by Crippen LogP contribution is -1.85. The second kappa shape index (κ2) is 5.14. The fraction of sp³-hybridized carbons (Fsp3) is 0.273. The summed E-state index contributed by atoms with van der Waals surface area (Å²) in [5.41, 5.74) is 2.08. The van der Waals surface area contributed by atoms with E-state index in [0.717, 1.165) is 16.9 Å². The molecule has 0 amide bonds. The minimum atomic E-state index is 0.0796. The van der Waals surface area contributed by atoms with Crippen molar-refractivity contribution in [1.29, 1.82) is 0 Å². The van der Waals surface area contributed by atoms with Crippen LogP contribution in [0.1, 0.15) is 17.0 Å². The average molecular weight is 236 g/mol. The number of thioether (sulfide) groups is 1. The molecule has 0 unspecified atom stereocenters. The van der Waals surface area contributed by atoms with Crippen molar-refractivity contribution >= 4 is 11.8 Å². The summed E-state index contributed by atoms with van der Waals surface area (Å²) in [7, 11) is 0. The molecule has 2 aromatic rings. The molecule has 0 atom stereocenters. The van der Waals surface area contributed by atoms with Gasteiger partial charge in [-0.3, -0.25) is 0 Å². The van der Waals surface area contributed by atoms with Gasteiger partial charge >= 0.3 is 0 Å². The molecule has 2 rings (SSSR count). The fourth-order valence-electron chi connectivity index (χ4n) is 1.22. The maximum absolute atomic E-state index is 8.90. The number of aliphatic hydroxyl groups is 1. The van der Waals surface area contributed by atoms with Crippen LogP contribution < -0.4 is 0 Å². The van der Waals surface area contributed by atoms with Gasteiger partial charge in [0.05, 0.1) is 6.61 Å². The van der Waals surface area contributed by atoms with Crippen molar-refractivity contribution in [1.82, 2.24) is 10.2 Å².